The van der Waals surface area contributed by atoms with Gasteiger partial charge in [0.25, 0.3) is 5.69 Å². The van der Waals surface area contributed by atoms with Crippen LogP contribution in [-0.2, 0) is 0 Å². The van der Waals surface area contributed by atoms with Gasteiger partial charge in [-0.1, -0.05) is 0 Å². The second-order valence-electron chi connectivity index (χ2n) is 3.21. The monoisotopic (exact) mass is 238 g/mol. The van der Waals surface area contributed by atoms with E-state index in [4.69, 9.17) is 5.11 Å². The van der Waals surface area contributed by atoms with Crippen LogP contribution in [-0.4, -0.2) is 27.4 Å². The van der Waals surface area contributed by atoms with Gasteiger partial charge in [-0.3, -0.25) is 10.1 Å². The molecule has 0 amide bonds. The summed E-state index contributed by atoms with van der Waals surface area (Å²) in [5.74, 6) is 0.529. The molecule has 16 heavy (non-hydrogen) atoms. The number of nitro groups is 1. The van der Waals surface area contributed by atoms with E-state index in [1.54, 1.807) is 6.20 Å². The van der Waals surface area contributed by atoms with Crippen molar-refractivity contribution in [2.75, 3.05) is 12.4 Å². The van der Waals surface area contributed by atoms with Crippen molar-refractivity contribution in [1.29, 1.82) is 0 Å². The molecular formula is C10H10N2O3S. The van der Waals surface area contributed by atoms with Gasteiger partial charge in [0.05, 0.1) is 17.0 Å². The number of thioether (sulfide) groups is 1. The van der Waals surface area contributed by atoms with Crippen LogP contribution in [0, 0.1) is 10.1 Å². The largest absolute Gasteiger partial charge is 0.396 e. The molecule has 0 aliphatic carbocycles. The molecular weight excluding hydrogens is 228 g/mol. The van der Waals surface area contributed by atoms with Crippen LogP contribution in [0.1, 0.15) is 0 Å². The number of fused-ring (bicyclic) bond motifs is 1. The molecule has 1 aromatic heterocycles. The smallest absolute Gasteiger partial charge is 0.272 e. The summed E-state index contributed by atoms with van der Waals surface area (Å²) in [4.78, 5) is 14.1. The van der Waals surface area contributed by atoms with Crippen molar-refractivity contribution in [3.63, 3.8) is 0 Å². The Bertz CT molecular complexity index is 524. The average molecular weight is 238 g/mol. The predicted octanol–water partition coefficient (Wildman–Crippen LogP) is 2.16. The Labute approximate surface area is 95.6 Å². The molecule has 0 bridgehead atoms. The van der Waals surface area contributed by atoms with Gasteiger partial charge in [0.1, 0.15) is 0 Å². The summed E-state index contributed by atoms with van der Waals surface area (Å²) in [7, 11) is 0. The topological polar surface area (TPSA) is 79.2 Å². The molecule has 84 valence electrons. The fraction of sp³-hybridized carbons (Fsp3) is 0.200. The van der Waals surface area contributed by atoms with Crippen molar-refractivity contribution in [1.82, 2.24) is 4.98 Å². The third-order valence-corrected chi connectivity index (χ3v) is 3.21. The van der Waals surface area contributed by atoms with E-state index in [0.717, 1.165) is 15.8 Å². The molecule has 0 radical (unpaired) electrons. The molecule has 1 heterocycles. The van der Waals surface area contributed by atoms with Crippen LogP contribution in [0.2, 0.25) is 0 Å². The maximum absolute atomic E-state index is 10.7. The minimum absolute atomic E-state index is 0.0548. The van der Waals surface area contributed by atoms with Crippen LogP contribution < -0.4 is 0 Å². The Balaban J connectivity index is 2.50. The molecule has 5 nitrogen and oxygen atoms in total. The van der Waals surface area contributed by atoms with E-state index in [-0.39, 0.29) is 12.3 Å². The first-order chi connectivity index (χ1) is 7.72. The number of aromatic nitrogens is 1. The summed E-state index contributed by atoms with van der Waals surface area (Å²) in [6.45, 7) is 0.0548. The Morgan fingerprint density at radius 2 is 2.31 bits per heavy atom. The van der Waals surface area contributed by atoms with Gasteiger partial charge in [-0.2, -0.15) is 0 Å². The van der Waals surface area contributed by atoms with Gasteiger partial charge in [0.2, 0.25) is 0 Å². The minimum Gasteiger partial charge on any atom is -0.396 e. The fourth-order valence-electron chi connectivity index (χ4n) is 1.50. The number of nitrogens with zero attached hydrogens (tertiary/aromatic N) is 1. The van der Waals surface area contributed by atoms with Crippen molar-refractivity contribution >= 4 is 28.4 Å². The molecule has 0 aliphatic heterocycles. The van der Waals surface area contributed by atoms with E-state index in [0.29, 0.717) is 5.75 Å². The number of benzene rings is 1. The first-order valence-corrected chi connectivity index (χ1v) is 5.70. The standard InChI is InChI=1S/C10H10N2O3S/c13-3-4-16-10-6-7(12(14)15)5-9-8(10)1-2-11-9/h1-2,5-6,11,13H,3-4H2. The van der Waals surface area contributed by atoms with Crippen molar-refractivity contribution in [3.05, 3.63) is 34.5 Å². The van der Waals surface area contributed by atoms with E-state index >= 15 is 0 Å². The van der Waals surface area contributed by atoms with Crippen molar-refractivity contribution in [3.8, 4) is 0 Å². The lowest BCUT2D eigenvalue weighted by molar-refractivity contribution is -0.384. The number of non-ortho nitro benzene ring substituents is 1. The molecule has 0 spiro atoms. The summed E-state index contributed by atoms with van der Waals surface area (Å²) in [6.07, 6.45) is 1.75. The number of hydrogen-bond donors (Lipinski definition) is 2. The highest BCUT2D eigenvalue weighted by atomic mass is 32.2. The Kier molecular flexibility index (Phi) is 3.12. The van der Waals surface area contributed by atoms with Crippen LogP contribution in [0.4, 0.5) is 5.69 Å². The van der Waals surface area contributed by atoms with E-state index in [1.807, 2.05) is 6.07 Å². The van der Waals surface area contributed by atoms with Crippen LogP contribution >= 0.6 is 11.8 Å². The van der Waals surface area contributed by atoms with Crippen molar-refractivity contribution in [2.24, 2.45) is 0 Å². The Morgan fingerprint density at radius 1 is 1.50 bits per heavy atom. The molecule has 0 saturated heterocycles. The maximum atomic E-state index is 10.7. The van der Waals surface area contributed by atoms with E-state index in [1.165, 1.54) is 23.9 Å². The molecule has 0 aliphatic rings. The Morgan fingerprint density at radius 3 is 3.00 bits per heavy atom. The summed E-state index contributed by atoms with van der Waals surface area (Å²) in [5.41, 5.74) is 0.810. The number of aliphatic hydroxyl groups is 1. The van der Waals surface area contributed by atoms with Gasteiger partial charge in [0.15, 0.2) is 0 Å². The third kappa shape index (κ3) is 2.02. The zero-order chi connectivity index (χ0) is 11.5. The normalized spacial score (nSPS) is 10.8. The lowest BCUT2D eigenvalue weighted by Crippen LogP contribution is -1.90. The van der Waals surface area contributed by atoms with Crippen LogP contribution in [0.3, 0.4) is 0 Å². The summed E-state index contributed by atoms with van der Waals surface area (Å²) in [6, 6.07) is 4.92. The van der Waals surface area contributed by atoms with E-state index in [2.05, 4.69) is 4.98 Å². The molecule has 0 fully saturated rings. The number of H-pyrrole nitrogens is 1. The van der Waals surface area contributed by atoms with Gasteiger partial charge in [-0.25, -0.2) is 0 Å². The minimum atomic E-state index is -0.413. The molecule has 0 atom stereocenters. The zero-order valence-corrected chi connectivity index (χ0v) is 9.16. The first-order valence-electron chi connectivity index (χ1n) is 4.71. The van der Waals surface area contributed by atoms with Crippen molar-refractivity contribution < 1.29 is 10.0 Å². The van der Waals surface area contributed by atoms with Gasteiger partial charge in [-0.15, -0.1) is 11.8 Å². The van der Waals surface area contributed by atoms with E-state index < -0.39 is 4.92 Å². The highest BCUT2D eigenvalue weighted by molar-refractivity contribution is 7.99. The summed E-state index contributed by atoms with van der Waals surface area (Å²) < 4.78 is 0. The van der Waals surface area contributed by atoms with Gasteiger partial charge in [0, 0.05) is 34.4 Å². The number of rotatable bonds is 4. The molecule has 6 heteroatoms. The Hall–Kier alpha value is -1.53. The second-order valence-corrected chi connectivity index (χ2v) is 4.35. The lowest BCUT2D eigenvalue weighted by atomic mass is 10.2. The van der Waals surface area contributed by atoms with Crippen LogP contribution in [0.15, 0.2) is 29.3 Å². The third-order valence-electron chi connectivity index (χ3n) is 2.18. The molecule has 0 saturated carbocycles. The van der Waals surface area contributed by atoms with Crippen molar-refractivity contribution in [2.45, 2.75) is 4.90 Å². The van der Waals surface area contributed by atoms with Gasteiger partial charge >= 0.3 is 0 Å². The molecule has 2 aromatic rings. The van der Waals surface area contributed by atoms with E-state index in [9.17, 15) is 10.1 Å². The maximum Gasteiger partial charge on any atom is 0.272 e. The highest BCUT2D eigenvalue weighted by Gasteiger charge is 2.12. The fourth-order valence-corrected chi connectivity index (χ4v) is 2.35. The van der Waals surface area contributed by atoms with Gasteiger partial charge < -0.3 is 10.1 Å². The molecule has 2 N–H and O–H groups in total. The number of aromatic amines is 1. The SMILES string of the molecule is O=[N+]([O-])c1cc(SCCO)c2cc[nH]c2c1. The average Bonchev–Trinajstić information content (AvgIpc) is 2.73. The zero-order valence-electron chi connectivity index (χ0n) is 8.34. The number of aliphatic hydroxyl groups excluding tert-OH is 1. The molecule has 0 unspecified atom stereocenters. The highest BCUT2D eigenvalue weighted by Crippen LogP contribution is 2.31. The second kappa shape index (κ2) is 4.54. The summed E-state index contributed by atoms with van der Waals surface area (Å²) >= 11 is 1.41. The lowest BCUT2D eigenvalue weighted by Gasteiger charge is -2.02. The van der Waals surface area contributed by atoms with Crippen LogP contribution in [0.5, 0.6) is 0 Å². The number of nitrogens with one attached hydrogen (secondary N) is 1. The van der Waals surface area contributed by atoms with Gasteiger partial charge in [-0.05, 0) is 6.07 Å². The predicted molar refractivity (Wildman–Crippen MR) is 62.8 cm³/mol. The van der Waals surface area contributed by atoms with Crippen LogP contribution in [0.25, 0.3) is 10.9 Å². The quantitative estimate of drug-likeness (QED) is 0.486. The summed E-state index contributed by atoms with van der Waals surface area (Å²) in [5, 5.41) is 20.4. The number of hydrogen-bond acceptors (Lipinski definition) is 4. The number of nitro benzene ring substituents is 1. The molecule has 2 rings (SSSR count). The molecule has 1 aromatic carbocycles. The first kappa shape index (κ1) is 11.0.